The summed E-state index contributed by atoms with van der Waals surface area (Å²) in [7, 11) is 1.65. The molecular formula is C22H26N4O3. The van der Waals surface area contributed by atoms with Gasteiger partial charge in [0.25, 0.3) is 0 Å². The van der Waals surface area contributed by atoms with Gasteiger partial charge < -0.3 is 14.4 Å². The number of piperidine rings is 1. The number of rotatable bonds is 6. The maximum atomic E-state index is 11.3. The average Bonchev–Trinajstić information content (AvgIpc) is 3.10. The van der Waals surface area contributed by atoms with Gasteiger partial charge in [-0.15, -0.1) is 0 Å². The SMILES string of the molecule is CCn1c(CN2CCC(c3ccc(OC)cn3)CC2)nc2cc(C(=O)O)ccc21. The van der Waals surface area contributed by atoms with E-state index in [9.17, 15) is 9.90 Å². The lowest BCUT2D eigenvalue weighted by molar-refractivity contribution is 0.0697. The molecule has 7 heteroatoms. The number of hydrogen-bond donors (Lipinski definition) is 1. The van der Waals surface area contributed by atoms with E-state index in [2.05, 4.69) is 27.4 Å². The number of carboxylic acids is 1. The minimum absolute atomic E-state index is 0.276. The molecule has 0 aliphatic carbocycles. The third-order valence-corrected chi connectivity index (χ3v) is 5.76. The van der Waals surface area contributed by atoms with Gasteiger partial charge in [0.1, 0.15) is 11.6 Å². The van der Waals surface area contributed by atoms with E-state index in [4.69, 9.17) is 9.72 Å². The minimum atomic E-state index is -0.922. The Hall–Kier alpha value is -2.93. The lowest BCUT2D eigenvalue weighted by atomic mass is 9.93. The molecule has 2 aromatic heterocycles. The number of pyridine rings is 1. The van der Waals surface area contributed by atoms with E-state index in [0.29, 0.717) is 5.92 Å². The van der Waals surface area contributed by atoms with Crippen LogP contribution in [0.2, 0.25) is 0 Å². The molecule has 1 aromatic carbocycles. The highest BCUT2D eigenvalue weighted by atomic mass is 16.5. The summed E-state index contributed by atoms with van der Waals surface area (Å²) in [6.45, 7) is 5.66. The number of carbonyl (C=O) groups is 1. The molecule has 3 heterocycles. The van der Waals surface area contributed by atoms with Crippen molar-refractivity contribution in [1.82, 2.24) is 19.4 Å². The van der Waals surface area contributed by atoms with E-state index in [-0.39, 0.29) is 5.56 Å². The number of benzene rings is 1. The Morgan fingerprint density at radius 2 is 2.03 bits per heavy atom. The van der Waals surface area contributed by atoms with Crippen LogP contribution >= 0.6 is 0 Å². The van der Waals surface area contributed by atoms with Gasteiger partial charge in [0.05, 0.1) is 36.4 Å². The van der Waals surface area contributed by atoms with Crippen molar-refractivity contribution in [3.8, 4) is 5.75 Å². The number of hydrogen-bond acceptors (Lipinski definition) is 5. The van der Waals surface area contributed by atoms with Crippen LogP contribution in [0.5, 0.6) is 5.75 Å². The first-order chi connectivity index (χ1) is 14.1. The zero-order valence-electron chi connectivity index (χ0n) is 16.8. The number of likely N-dealkylation sites (tertiary alicyclic amines) is 1. The van der Waals surface area contributed by atoms with E-state index >= 15 is 0 Å². The Labute approximate surface area is 170 Å². The Kier molecular flexibility index (Phi) is 5.49. The van der Waals surface area contributed by atoms with Crippen LogP contribution in [0.4, 0.5) is 0 Å². The average molecular weight is 394 g/mol. The van der Waals surface area contributed by atoms with Gasteiger partial charge in [0.15, 0.2) is 0 Å². The summed E-state index contributed by atoms with van der Waals surface area (Å²) in [5, 5.41) is 9.23. The smallest absolute Gasteiger partial charge is 0.335 e. The summed E-state index contributed by atoms with van der Waals surface area (Å²) in [5.41, 5.74) is 3.15. The summed E-state index contributed by atoms with van der Waals surface area (Å²) in [6.07, 6.45) is 3.92. The van der Waals surface area contributed by atoms with Gasteiger partial charge >= 0.3 is 5.97 Å². The second kappa shape index (κ2) is 8.21. The van der Waals surface area contributed by atoms with Crippen molar-refractivity contribution in [1.29, 1.82) is 0 Å². The van der Waals surface area contributed by atoms with Crippen LogP contribution in [-0.2, 0) is 13.1 Å². The van der Waals surface area contributed by atoms with Gasteiger partial charge in [-0.25, -0.2) is 9.78 Å². The molecule has 4 rings (SSSR count). The Morgan fingerprint density at radius 3 is 2.66 bits per heavy atom. The number of carboxylic acid groups (broad SMARTS) is 1. The molecule has 1 N–H and O–H groups in total. The van der Waals surface area contributed by atoms with E-state index < -0.39 is 5.97 Å². The third kappa shape index (κ3) is 3.96. The molecule has 0 amide bonds. The molecule has 1 saturated heterocycles. The Bertz CT molecular complexity index is 1000. The lowest BCUT2D eigenvalue weighted by Crippen LogP contribution is -2.33. The van der Waals surface area contributed by atoms with Crippen molar-refractivity contribution in [3.05, 3.63) is 53.6 Å². The van der Waals surface area contributed by atoms with E-state index in [1.54, 1.807) is 25.4 Å². The molecule has 0 unspecified atom stereocenters. The summed E-state index contributed by atoms with van der Waals surface area (Å²) in [6, 6.07) is 9.21. The highest BCUT2D eigenvalue weighted by molar-refractivity contribution is 5.92. The number of imidazole rings is 1. The maximum Gasteiger partial charge on any atom is 0.335 e. The van der Waals surface area contributed by atoms with Crippen LogP contribution < -0.4 is 4.74 Å². The zero-order valence-corrected chi connectivity index (χ0v) is 16.8. The van der Waals surface area contributed by atoms with Crippen LogP contribution in [0.25, 0.3) is 11.0 Å². The normalized spacial score (nSPS) is 15.7. The maximum absolute atomic E-state index is 11.3. The zero-order chi connectivity index (χ0) is 20.4. The van der Waals surface area contributed by atoms with E-state index in [1.807, 2.05) is 12.1 Å². The Balaban J connectivity index is 1.45. The summed E-state index contributed by atoms with van der Waals surface area (Å²) in [5.74, 6) is 1.33. The second-order valence-corrected chi connectivity index (χ2v) is 7.45. The lowest BCUT2D eigenvalue weighted by Gasteiger charge is -2.31. The molecule has 1 aliphatic rings. The molecule has 3 aromatic rings. The van der Waals surface area contributed by atoms with Gasteiger partial charge in [-0.1, -0.05) is 0 Å². The summed E-state index contributed by atoms with van der Waals surface area (Å²) in [4.78, 5) is 23.0. The van der Waals surface area contributed by atoms with Crippen LogP contribution in [0.1, 0.15) is 47.6 Å². The predicted octanol–water partition coefficient (Wildman–Crippen LogP) is 3.54. The third-order valence-electron chi connectivity index (χ3n) is 5.76. The molecular weight excluding hydrogens is 368 g/mol. The summed E-state index contributed by atoms with van der Waals surface area (Å²) < 4.78 is 7.37. The van der Waals surface area contributed by atoms with Gasteiger partial charge in [0.2, 0.25) is 0 Å². The van der Waals surface area contributed by atoms with Crippen LogP contribution in [0.15, 0.2) is 36.5 Å². The van der Waals surface area contributed by atoms with Crippen molar-refractivity contribution < 1.29 is 14.6 Å². The van der Waals surface area contributed by atoms with Crippen molar-refractivity contribution >= 4 is 17.0 Å². The monoisotopic (exact) mass is 394 g/mol. The number of ether oxygens (including phenoxy) is 1. The number of methoxy groups -OCH3 is 1. The van der Waals surface area contributed by atoms with E-state index in [1.165, 1.54) is 0 Å². The number of nitrogens with zero attached hydrogens (tertiary/aromatic N) is 4. The first-order valence-electron chi connectivity index (χ1n) is 10.0. The molecule has 1 fully saturated rings. The van der Waals surface area contributed by atoms with Gasteiger partial charge in [-0.2, -0.15) is 0 Å². The molecule has 1 aliphatic heterocycles. The highest BCUT2D eigenvalue weighted by Crippen LogP contribution is 2.28. The number of aromatic nitrogens is 3. The molecule has 152 valence electrons. The van der Waals surface area contributed by atoms with Gasteiger partial charge in [-0.05, 0) is 63.2 Å². The van der Waals surface area contributed by atoms with Crippen molar-refractivity contribution in [2.45, 2.75) is 38.8 Å². The minimum Gasteiger partial charge on any atom is -0.495 e. The Morgan fingerprint density at radius 1 is 1.24 bits per heavy atom. The predicted molar refractivity (Wildman–Crippen MR) is 110 cm³/mol. The molecule has 0 spiro atoms. The fraction of sp³-hybridized carbons (Fsp3) is 0.409. The fourth-order valence-electron chi connectivity index (χ4n) is 4.13. The van der Waals surface area contributed by atoms with Gasteiger partial charge in [-0.3, -0.25) is 9.88 Å². The molecule has 0 saturated carbocycles. The topological polar surface area (TPSA) is 80.5 Å². The second-order valence-electron chi connectivity index (χ2n) is 7.45. The molecule has 29 heavy (non-hydrogen) atoms. The molecule has 0 radical (unpaired) electrons. The first kappa shape index (κ1) is 19.4. The molecule has 7 nitrogen and oxygen atoms in total. The quantitative estimate of drug-likeness (QED) is 0.689. The number of fused-ring (bicyclic) bond motifs is 1. The first-order valence-corrected chi connectivity index (χ1v) is 10.0. The van der Waals surface area contributed by atoms with Crippen LogP contribution in [0.3, 0.4) is 0 Å². The van der Waals surface area contributed by atoms with Gasteiger partial charge in [0, 0.05) is 18.2 Å². The fourth-order valence-corrected chi connectivity index (χ4v) is 4.13. The largest absolute Gasteiger partial charge is 0.495 e. The standard InChI is InChI=1S/C22H26N4O3/c1-3-26-20-7-4-16(22(27)28)12-19(20)24-21(26)14-25-10-8-15(9-11-25)18-6-5-17(29-2)13-23-18/h4-7,12-13,15H,3,8-11,14H2,1-2H3,(H,27,28). The number of aromatic carboxylic acids is 1. The van der Waals surface area contributed by atoms with E-state index in [0.717, 1.165) is 67.3 Å². The highest BCUT2D eigenvalue weighted by Gasteiger charge is 2.23. The molecule has 0 atom stereocenters. The van der Waals surface area contributed by atoms with Crippen LogP contribution in [0, 0.1) is 0 Å². The van der Waals surface area contributed by atoms with Crippen molar-refractivity contribution in [2.75, 3.05) is 20.2 Å². The van der Waals surface area contributed by atoms with Crippen molar-refractivity contribution in [3.63, 3.8) is 0 Å². The van der Waals surface area contributed by atoms with Crippen molar-refractivity contribution in [2.24, 2.45) is 0 Å². The van der Waals surface area contributed by atoms with Crippen LogP contribution in [-0.4, -0.2) is 50.7 Å². The summed E-state index contributed by atoms with van der Waals surface area (Å²) >= 11 is 0. The molecule has 0 bridgehead atoms. The number of aryl methyl sites for hydroxylation is 1.